The highest BCUT2D eigenvalue weighted by molar-refractivity contribution is 7.22. The first-order valence-electron chi connectivity index (χ1n) is 10.6. The van der Waals surface area contributed by atoms with E-state index < -0.39 is 12.1 Å². The maximum absolute atomic E-state index is 13.2. The fraction of sp³-hybridized carbons (Fsp3) is 0.292. The van der Waals surface area contributed by atoms with Crippen molar-refractivity contribution in [3.05, 3.63) is 59.8 Å². The summed E-state index contributed by atoms with van der Waals surface area (Å²) in [5.74, 6) is -0.139. The van der Waals surface area contributed by atoms with Gasteiger partial charge in [-0.15, -0.1) is 0 Å². The summed E-state index contributed by atoms with van der Waals surface area (Å²) < 4.78 is 6.25. The standard InChI is InChI=1S/C24H26N4O3S/c1-14(2)13-31-24(30)27-20(11-16-12-25-18-7-5-4-6-17(16)18)22(29)28-23-26-19-9-8-15(3)10-21(19)32-23/h4-10,12,14,20,25H,11,13H2,1-3H3,(H,27,30)(H,26,28,29)/t20-/m0/s1. The minimum atomic E-state index is -0.817. The van der Waals surface area contributed by atoms with E-state index >= 15 is 0 Å². The molecule has 0 bridgehead atoms. The summed E-state index contributed by atoms with van der Waals surface area (Å²) in [6.07, 6.45) is 1.57. The summed E-state index contributed by atoms with van der Waals surface area (Å²) in [5.41, 5.74) is 3.87. The summed E-state index contributed by atoms with van der Waals surface area (Å²) in [4.78, 5) is 33.2. The van der Waals surface area contributed by atoms with Gasteiger partial charge in [-0.3, -0.25) is 4.79 Å². The van der Waals surface area contributed by atoms with Gasteiger partial charge in [-0.1, -0.05) is 49.4 Å². The van der Waals surface area contributed by atoms with Crippen LogP contribution in [-0.2, 0) is 16.0 Å². The number of rotatable bonds is 7. The highest BCUT2D eigenvalue weighted by Crippen LogP contribution is 2.27. The number of para-hydroxylation sites is 1. The Hall–Kier alpha value is -3.39. The normalized spacial score (nSPS) is 12.2. The summed E-state index contributed by atoms with van der Waals surface area (Å²) >= 11 is 1.41. The number of anilines is 1. The highest BCUT2D eigenvalue weighted by Gasteiger charge is 2.24. The smallest absolute Gasteiger partial charge is 0.407 e. The quantitative estimate of drug-likeness (QED) is 0.368. The predicted molar refractivity (Wildman–Crippen MR) is 128 cm³/mol. The molecule has 4 rings (SSSR count). The molecule has 8 heteroatoms. The van der Waals surface area contributed by atoms with E-state index in [1.807, 2.05) is 69.4 Å². The number of amides is 2. The predicted octanol–water partition coefficient (Wildman–Crippen LogP) is 5.02. The van der Waals surface area contributed by atoms with E-state index in [1.165, 1.54) is 11.3 Å². The average Bonchev–Trinajstić information content (AvgIpc) is 3.35. The fourth-order valence-corrected chi connectivity index (χ4v) is 4.40. The number of hydrogen-bond acceptors (Lipinski definition) is 5. The molecule has 4 aromatic rings. The lowest BCUT2D eigenvalue weighted by atomic mass is 10.0. The average molecular weight is 451 g/mol. The lowest BCUT2D eigenvalue weighted by molar-refractivity contribution is -0.118. The molecule has 0 aliphatic rings. The van der Waals surface area contributed by atoms with Crippen molar-refractivity contribution < 1.29 is 14.3 Å². The van der Waals surface area contributed by atoms with Crippen molar-refractivity contribution in [1.29, 1.82) is 0 Å². The summed E-state index contributed by atoms with van der Waals surface area (Å²) in [6, 6.07) is 13.0. The van der Waals surface area contributed by atoms with E-state index in [0.29, 0.717) is 11.6 Å². The van der Waals surface area contributed by atoms with Crippen LogP contribution < -0.4 is 10.6 Å². The first-order chi connectivity index (χ1) is 15.4. The van der Waals surface area contributed by atoms with Crippen LogP contribution in [0.3, 0.4) is 0 Å². The van der Waals surface area contributed by atoms with Gasteiger partial charge < -0.3 is 20.4 Å². The second-order valence-corrected chi connectivity index (χ2v) is 9.26. The van der Waals surface area contributed by atoms with Crippen molar-refractivity contribution in [2.75, 3.05) is 11.9 Å². The van der Waals surface area contributed by atoms with Gasteiger partial charge in [0.15, 0.2) is 5.13 Å². The number of carbonyl (C=O) groups excluding carboxylic acids is 2. The van der Waals surface area contributed by atoms with Crippen LogP contribution in [0.25, 0.3) is 21.1 Å². The lowest BCUT2D eigenvalue weighted by Crippen LogP contribution is -2.45. The number of hydrogen-bond donors (Lipinski definition) is 3. The number of nitrogens with zero attached hydrogens (tertiary/aromatic N) is 1. The second kappa shape index (κ2) is 9.40. The third kappa shape index (κ3) is 5.08. The maximum atomic E-state index is 13.2. The Bertz CT molecular complexity index is 1260. The molecule has 3 N–H and O–H groups in total. The third-order valence-electron chi connectivity index (χ3n) is 5.03. The van der Waals surface area contributed by atoms with E-state index in [4.69, 9.17) is 4.74 Å². The molecule has 2 heterocycles. The number of aromatic amines is 1. The van der Waals surface area contributed by atoms with Gasteiger partial charge in [-0.25, -0.2) is 9.78 Å². The molecule has 0 radical (unpaired) electrons. The van der Waals surface area contributed by atoms with Gasteiger partial charge in [0, 0.05) is 23.5 Å². The number of carbonyl (C=O) groups is 2. The lowest BCUT2D eigenvalue weighted by Gasteiger charge is -2.18. The Morgan fingerprint density at radius 1 is 1.19 bits per heavy atom. The van der Waals surface area contributed by atoms with Crippen LogP contribution >= 0.6 is 11.3 Å². The number of alkyl carbamates (subject to hydrolysis) is 1. The largest absolute Gasteiger partial charge is 0.449 e. The second-order valence-electron chi connectivity index (χ2n) is 8.23. The molecule has 2 amide bonds. The molecule has 0 aliphatic heterocycles. The van der Waals surface area contributed by atoms with E-state index in [2.05, 4.69) is 20.6 Å². The molecule has 0 aliphatic carbocycles. The van der Waals surface area contributed by atoms with Crippen LogP contribution in [0, 0.1) is 12.8 Å². The molecular weight excluding hydrogens is 424 g/mol. The van der Waals surface area contributed by atoms with E-state index in [1.54, 1.807) is 0 Å². The zero-order chi connectivity index (χ0) is 22.7. The SMILES string of the molecule is Cc1ccc2nc(NC(=O)[C@H](Cc3c[nH]c4ccccc34)NC(=O)OCC(C)C)sc2c1. The Kier molecular flexibility index (Phi) is 6.41. The van der Waals surface area contributed by atoms with Gasteiger partial charge >= 0.3 is 6.09 Å². The summed E-state index contributed by atoms with van der Waals surface area (Å²) in [7, 11) is 0. The number of fused-ring (bicyclic) bond motifs is 2. The van der Waals surface area contributed by atoms with Gasteiger partial charge in [0.1, 0.15) is 6.04 Å². The van der Waals surface area contributed by atoms with Crippen molar-refractivity contribution in [2.24, 2.45) is 5.92 Å². The third-order valence-corrected chi connectivity index (χ3v) is 5.96. The van der Waals surface area contributed by atoms with Gasteiger partial charge in [-0.2, -0.15) is 0 Å². The van der Waals surface area contributed by atoms with Crippen molar-refractivity contribution in [3.63, 3.8) is 0 Å². The molecule has 2 aromatic heterocycles. The first-order valence-corrected chi connectivity index (χ1v) is 11.4. The van der Waals surface area contributed by atoms with Gasteiger partial charge in [0.25, 0.3) is 0 Å². The minimum absolute atomic E-state index is 0.202. The van der Waals surface area contributed by atoms with Crippen LogP contribution in [0.4, 0.5) is 9.93 Å². The number of nitrogens with one attached hydrogen (secondary N) is 3. The number of aromatic nitrogens is 2. The fourth-order valence-electron chi connectivity index (χ4n) is 3.43. The van der Waals surface area contributed by atoms with Crippen LogP contribution in [-0.4, -0.2) is 34.6 Å². The molecule has 0 saturated heterocycles. The molecule has 32 heavy (non-hydrogen) atoms. The first kappa shape index (κ1) is 21.8. The molecule has 166 valence electrons. The zero-order valence-electron chi connectivity index (χ0n) is 18.3. The Labute approximate surface area is 190 Å². The number of aryl methyl sites for hydroxylation is 1. The Morgan fingerprint density at radius 2 is 2.00 bits per heavy atom. The van der Waals surface area contributed by atoms with Gasteiger partial charge in [0.2, 0.25) is 5.91 Å². The zero-order valence-corrected chi connectivity index (χ0v) is 19.1. The minimum Gasteiger partial charge on any atom is -0.449 e. The van der Waals surface area contributed by atoms with E-state index in [0.717, 1.165) is 32.2 Å². The number of ether oxygens (including phenoxy) is 1. The van der Waals surface area contributed by atoms with Crippen LogP contribution in [0.1, 0.15) is 25.0 Å². The monoisotopic (exact) mass is 450 g/mol. The topological polar surface area (TPSA) is 96.1 Å². The van der Waals surface area contributed by atoms with E-state index in [9.17, 15) is 9.59 Å². The molecule has 0 unspecified atom stereocenters. The van der Waals surface area contributed by atoms with Crippen molar-refractivity contribution >= 4 is 49.6 Å². The molecule has 1 atom stereocenters. The van der Waals surface area contributed by atoms with Crippen LogP contribution in [0.15, 0.2) is 48.7 Å². The summed E-state index contributed by atoms with van der Waals surface area (Å²) in [5, 5.41) is 7.11. The van der Waals surface area contributed by atoms with Crippen LogP contribution in [0.2, 0.25) is 0 Å². The molecule has 0 fully saturated rings. The number of thiazole rings is 1. The molecule has 0 saturated carbocycles. The van der Waals surface area contributed by atoms with Crippen molar-refractivity contribution in [2.45, 2.75) is 33.2 Å². The molecule has 2 aromatic carbocycles. The highest BCUT2D eigenvalue weighted by atomic mass is 32.1. The molecule has 0 spiro atoms. The van der Waals surface area contributed by atoms with Crippen molar-refractivity contribution in [3.8, 4) is 0 Å². The number of H-pyrrole nitrogens is 1. The van der Waals surface area contributed by atoms with Crippen LogP contribution in [0.5, 0.6) is 0 Å². The van der Waals surface area contributed by atoms with E-state index in [-0.39, 0.29) is 18.4 Å². The van der Waals surface area contributed by atoms with Crippen molar-refractivity contribution in [1.82, 2.24) is 15.3 Å². The van der Waals surface area contributed by atoms with Gasteiger partial charge in [-0.05, 0) is 42.2 Å². The van der Waals surface area contributed by atoms with Gasteiger partial charge in [0.05, 0.1) is 16.8 Å². The maximum Gasteiger partial charge on any atom is 0.407 e. The number of benzene rings is 2. The molecule has 7 nitrogen and oxygen atoms in total. The molecular formula is C24H26N4O3S. The Balaban J connectivity index is 1.55. The summed E-state index contributed by atoms with van der Waals surface area (Å²) in [6.45, 7) is 6.21. The Morgan fingerprint density at radius 3 is 2.81 bits per heavy atom.